The number of anilines is 1. The maximum Gasteiger partial charge on any atom is 0.347 e. The fourth-order valence-corrected chi connectivity index (χ4v) is 2.74. The molecule has 1 aliphatic heterocycles. The van der Waals surface area contributed by atoms with Crippen LogP contribution < -0.4 is 9.64 Å². The Kier molecular flexibility index (Phi) is 3.08. The summed E-state index contributed by atoms with van der Waals surface area (Å²) >= 11 is 1.02. The van der Waals surface area contributed by atoms with Crippen molar-refractivity contribution in [1.29, 1.82) is 0 Å². The van der Waals surface area contributed by atoms with Gasteiger partial charge in [0.25, 0.3) is 0 Å². The molecule has 1 aliphatic rings. The molecule has 0 atom stereocenters. The molecule has 2 heterocycles. The van der Waals surface area contributed by atoms with Crippen molar-refractivity contribution in [3.8, 4) is 5.75 Å². The molecule has 0 unspecified atom stereocenters. The monoisotopic (exact) mass is 276 g/mol. The number of aromatic nitrogens is 1. The van der Waals surface area contributed by atoms with Crippen molar-refractivity contribution in [3.63, 3.8) is 0 Å². The lowest BCUT2D eigenvalue weighted by Crippen LogP contribution is -2.32. The molecule has 0 saturated carbocycles. The first kappa shape index (κ1) is 12.0. The van der Waals surface area contributed by atoms with E-state index >= 15 is 0 Å². The van der Waals surface area contributed by atoms with Crippen molar-refractivity contribution in [2.75, 3.05) is 18.1 Å². The summed E-state index contributed by atoms with van der Waals surface area (Å²) in [7, 11) is 0. The third-order valence-corrected chi connectivity index (χ3v) is 3.85. The number of para-hydroxylation sites is 2. The number of carboxylic acids is 1. The van der Waals surface area contributed by atoms with Crippen LogP contribution in [-0.2, 0) is 6.54 Å². The van der Waals surface area contributed by atoms with Crippen LogP contribution in [0.2, 0.25) is 0 Å². The first-order chi connectivity index (χ1) is 9.25. The molecule has 0 radical (unpaired) electrons. The predicted molar refractivity (Wildman–Crippen MR) is 72.1 cm³/mol. The molecule has 0 saturated heterocycles. The summed E-state index contributed by atoms with van der Waals surface area (Å²) in [4.78, 5) is 13.5. The molecule has 0 spiro atoms. The van der Waals surface area contributed by atoms with Crippen LogP contribution in [0, 0.1) is 0 Å². The summed E-state index contributed by atoms with van der Waals surface area (Å²) in [5.41, 5.74) is 1.74. The van der Waals surface area contributed by atoms with Gasteiger partial charge in [0.15, 0.2) is 0 Å². The van der Waals surface area contributed by atoms with Crippen molar-refractivity contribution in [3.05, 3.63) is 40.9 Å². The molecule has 1 aromatic carbocycles. The minimum absolute atomic E-state index is 0.309. The van der Waals surface area contributed by atoms with E-state index in [-0.39, 0.29) is 0 Å². The maximum atomic E-state index is 11.1. The van der Waals surface area contributed by atoms with E-state index in [1.165, 1.54) is 0 Å². The number of carbonyl (C=O) groups is 1. The Morgan fingerprint density at radius 1 is 1.47 bits per heavy atom. The van der Waals surface area contributed by atoms with Crippen LogP contribution >= 0.6 is 11.5 Å². The van der Waals surface area contributed by atoms with Gasteiger partial charge in [-0.2, -0.15) is 4.37 Å². The summed E-state index contributed by atoms with van der Waals surface area (Å²) in [6.45, 7) is 1.89. The molecule has 1 aromatic heterocycles. The van der Waals surface area contributed by atoms with Crippen LogP contribution in [0.5, 0.6) is 5.75 Å². The summed E-state index contributed by atoms with van der Waals surface area (Å²) < 4.78 is 9.55. The van der Waals surface area contributed by atoms with Gasteiger partial charge >= 0.3 is 5.97 Å². The van der Waals surface area contributed by atoms with E-state index in [9.17, 15) is 4.79 Å². The predicted octanol–water partition coefficient (Wildman–Crippen LogP) is 2.24. The molecule has 1 N–H and O–H groups in total. The van der Waals surface area contributed by atoms with E-state index in [1.807, 2.05) is 24.3 Å². The van der Waals surface area contributed by atoms with Crippen LogP contribution in [0.3, 0.4) is 0 Å². The zero-order valence-corrected chi connectivity index (χ0v) is 10.9. The number of aromatic carboxylic acids is 1. The molecule has 5 nitrogen and oxygen atoms in total. The van der Waals surface area contributed by atoms with Gasteiger partial charge in [-0.15, -0.1) is 0 Å². The average Bonchev–Trinajstić information content (AvgIpc) is 2.87. The molecule has 0 bridgehead atoms. The maximum absolute atomic E-state index is 11.1. The molecule has 0 amide bonds. The number of nitrogens with zero attached hydrogens (tertiary/aromatic N) is 2. The number of fused-ring (bicyclic) bond motifs is 1. The van der Waals surface area contributed by atoms with Crippen LogP contribution in [0.15, 0.2) is 30.5 Å². The number of benzene rings is 1. The standard InChI is InChI=1S/C13H12N2O3S/c16-13(17)12-9(7-14-19-12)8-15-5-6-18-11-4-2-1-3-10(11)15/h1-4,7H,5-6,8H2,(H,16,17). The Bertz CT molecular complexity index is 611. The van der Waals surface area contributed by atoms with Crippen molar-refractivity contribution >= 4 is 23.2 Å². The summed E-state index contributed by atoms with van der Waals surface area (Å²) in [6.07, 6.45) is 1.63. The summed E-state index contributed by atoms with van der Waals surface area (Å²) in [6, 6.07) is 7.78. The molecular weight excluding hydrogens is 264 g/mol. The van der Waals surface area contributed by atoms with Gasteiger partial charge in [-0.3, -0.25) is 0 Å². The van der Waals surface area contributed by atoms with Crippen molar-refractivity contribution in [1.82, 2.24) is 4.37 Å². The smallest absolute Gasteiger partial charge is 0.347 e. The highest BCUT2D eigenvalue weighted by Gasteiger charge is 2.21. The second-order valence-electron chi connectivity index (χ2n) is 4.22. The van der Waals surface area contributed by atoms with Crippen molar-refractivity contribution in [2.24, 2.45) is 0 Å². The lowest BCUT2D eigenvalue weighted by atomic mass is 10.2. The zero-order valence-electron chi connectivity index (χ0n) is 10.1. The van der Waals surface area contributed by atoms with Crippen LogP contribution in [0.1, 0.15) is 15.2 Å². The summed E-state index contributed by atoms with van der Waals surface area (Å²) in [5, 5.41) is 9.11. The quantitative estimate of drug-likeness (QED) is 0.931. The molecule has 6 heteroatoms. The summed E-state index contributed by atoms with van der Waals surface area (Å²) in [5.74, 6) is -0.0761. The minimum atomic E-state index is -0.918. The Morgan fingerprint density at radius 2 is 2.32 bits per heavy atom. The first-order valence-electron chi connectivity index (χ1n) is 5.89. The van der Waals surface area contributed by atoms with Crippen LogP contribution in [0.4, 0.5) is 5.69 Å². The topological polar surface area (TPSA) is 62.7 Å². The van der Waals surface area contributed by atoms with Gasteiger partial charge in [-0.05, 0) is 23.7 Å². The van der Waals surface area contributed by atoms with Gasteiger partial charge in [0, 0.05) is 18.3 Å². The van der Waals surface area contributed by atoms with Gasteiger partial charge in [0.2, 0.25) is 0 Å². The Balaban J connectivity index is 1.89. The molecule has 0 fully saturated rings. The molecule has 98 valence electrons. The third kappa shape index (κ3) is 2.26. The minimum Gasteiger partial charge on any atom is -0.490 e. The normalized spacial score (nSPS) is 13.8. The highest BCUT2D eigenvalue weighted by atomic mass is 32.1. The molecule has 0 aliphatic carbocycles. The number of hydrogen-bond acceptors (Lipinski definition) is 5. The fourth-order valence-electron chi connectivity index (χ4n) is 2.15. The van der Waals surface area contributed by atoms with Crippen LogP contribution in [-0.4, -0.2) is 28.6 Å². The SMILES string of the molecule is O=C(O)c1sncc1CN1CCOc2ccccc21. The molecule has 2 aromatic rings. The highest BCUT2D eigenvalue weighted by Crippen LogP contribution is 2.32. The van der Waals surface area contributed by atoms with Crippen LogP contribution in [0.25, 0.3) is 0 Å². The number of rotatable bonds is 3. The van der Waals surface area contributed by atoms with Gasteiger partial charge in [-0.25, -0.2) is 4.79 Å². The Labute approximate surface area is 114 Å². The molecule has 19 heavy (non-hydrogen) atoms. The number of carboxylic acid groups (broad SMARTS) is 1. The van der Waals surface area contributed by atoms with Crippen molar-refractivity contribution < 1.29 is 14.6 Å². The van der Waals surface area contributed by atoms with Gasteiger partial charge < -0.3 is 14.7 Å². The number of hydrogen-bond donors (Lipinski definition) is 1. The Hall–Kier alpha value is -2.08. The largest absolute Gasteiger partial charge is 0.490 e. The lowest BCUT2D eigenvalue weighted by molar-refractivity contribution is 0.0701. The van der Waals surface area contributed by atoms with E-state index in [0.717, 1.165) is 35.1 Å². The second kappa shape index (κ2) is 4.89. The third-order valence-electron chi connectivity index (χ3n) is 3.02. The zero-order chi connectivity index (χ0) is 13.2. The van der Waals surface area contributed by atoms with E-state index in [0.29, 0.717) is 18.0 Å². The van der Waals surface area contributed by atoms with E-state index < -0.39 is 5.97 Å². The first-order valence-corrected chi connectivity index (χ1v) is 6.66. The number of ether oxygens (including phenoxy) is 1. The van der Waals surface area contributed by atoms with Gasteiger partial charge in [0.1, 0.15) is 17.2 Å². The van der Waals surface area contributed by atoms with E-state index in [2.05, 4.69) is 9.27 Å². The lowest BCUT2D eigenvalue weighted by Gasteiger charge is -2.30. The fraction of sp³-hybridized carbons (Fsp3) is 0.231. The van der Waals surface area contributed by atoms with Crippen molar-refractivity contribution in [2.45, 2.75) is 6.54 Å². The molecule has 3 rings (SSSR count). The highest BCUT2D eigenvalue weighted by molar-refractivity contribution is 7.08. The second-order valence-corrected chi connectivity index (χ2v) is 5.02. The van der Waals surface area contributed by atoms with E-state index in [1.54, 1.807) is 6.20 Å². The molecular formula is C13H12N2O3S. The van der Waals surface area contributed by atoms with Gasteiger partial charge in [0.05, 0.1) is 12.2 Å². The average molecular weight is 276 g/mol. The van der Waals surface area contributed by atoms with Gasteiger partial charge in [-0.1, -0.05) is 12.1 Å². The Morgan fingerprint density at radius 3 is 3.16 bits per heavy atom. The van der Waals surface area contributed by atoms with E-state index in [4.69, 9.17) is 9.84 Å².